The number of anilines is 3. The quantitative estimate of drug-likeness (QED) is 0.903. The van der Waals surface area contributed by atoms with Crippen molar-refractivity contribution in [2.45, 2.75) is 39.2 Å². The lowest BCUT2D eigenvalue weighted by Crippen LogP contribution is -2.44. The van der Waals surface area contributed by atoms with Crippen molar-refractivity contribution in [3.05, 3.63) is 30.1 Å². The van der Waals surface area contributed by atoms with E-state index in [9.17, 15) is 9.59 Å². The zero-order chi connectivity index (χ0) is 18.8. The molecule has 2 amide bonds. The van der Waals surface area contributed by atoms with E-state index >= 15 is 0 Å². The fraction of sp³-hybridized carbons (Fsp3) is 0.444. The van der Waals surface area contributed by atoms with Crippen LogP contribution in [0.2, 0.25) is 0 Å². The van der Waals surface area contributed by atoms with Gasteiger partial charge < -0.3 is 19.6 Å². The second kappa shape index (κ2) is 7.15. The highest BCUT2D eigenvalue weighted by molar-refractivity contribution is 6.05. The molecule has 0 bridgehead atoms. The number of nitrogens with zero attached hydrogens (tertiary/aromatic N) is 4. The van der Waals surface area contributed by atoms with E-state index in [0.717, 1.165) is 0 Å². The highest BCUT2D eigenvalue weighted by atomic mass is 16.5. The second-order valence-electron chi connectivity index (χ2n) is 6.83. The maximum atomic E-state index is 13.0. The normalized spacial score (nSPS) is 16.9. The van der Waals surface area contributed by atoms with Crippen molar-refractivity contribution in [2.75, 3.05) is 28.7 Å². The fourth-order valence-corrected chi connectivity index (χ4v) is 2.93. The van der Waals surface area contributed by atoms with E-state index in [2.05, 4.69) is 15.5 Å². The zero-order valence-electron chi connectivity index (χ0n) is 15.4. The van der Waals surface area contributed by atoms with Crippen molar-refractivity contribution in [3.63, 3.8) is 0 Å². The monoisotopic (exact) mass is 357 g/mol. The van der Waals surface area contributed by atoms with Gasteiger partial charge in [0.1, 0.15) is 6.54 Å². The Kier molecular flexibility index (Phi) is 4.92. The number of nitrogens with one attached hydrogen (secondary N) is 1. The molecule has 0 aliphatic carbocycles. The highest BCUT2D eigenvalue weighted by Gasteiger charge is 2.30. The van der Waals surface area contributed by atoms with Gasteiger partial charge in [-0.05, 0) is 19.1 Å². The van der Waals surface area contributed by atoms with Gasteiger partial charge in [0.15, 0.2) is 5.82 Å². The number of hydrogen-bond acceptors (Lipinski definition) is 6. The van der Waals surface area contributed by atoms with Gasteiger partial charge in [-0.2, -0.15) is 4.98 Å². The molecule has 0 saturated heterocycles. The fourth-order valence-electron chi connectivity index (χ4n) is 2.93. The number of rotatable bonds is 4. The Hall–Kier alpha value is -2.90. The van der Waals surface area contributed by atoms with E-state index in [0.29, 0.717) is 23.2 Å². The molecule has 1 aromatic carbocycles. The van der Waals surface area contributed by atoms with Gasteiger partial charge in [-0.15, -0.1) is 0 Å². The van der Waals surface area contributed by atoms with Crippen LogP contribution in [0.5, 0.6) is 0 Å². The topological polar surface area (TPSA) is 91.6 Å². The number of hydrogen-bond donors (Lipinski definition) is 1. The Morgan fingerprint density at radius 2 is 2.15 bits per heavy atom. The first-order chi connectivity index (χ1) is 12.4. The van der Waals surface area contributed by atoms with Gasteiger partial charge in [-0.25, -0.2) is 0 Å². The third kappa shape index (κ3) is 3.54. The summed E-state index contributed by atoms with van der Waals surface area (Å²) in [5, 5.41) is 6.78. The Morgan fingerprint density at radius 1 is 1.42 bits per heavy atom. The molecule has 1 aromatic heterocycles. The van der Waals surface area contributed by atoms with Gasteiger partial charge in [0.05, 0.1) is 11.4 Å². The summed E-state index contributed by atoms with van der Waals surface area (Å²) >= 11 is 0. The first-order valence-corrected chi connectivity index (χ1v) is 8.62. The first kappa shape index (κ1) is 17.9. The van der Waals surface area contributed by atoms with Crippen LogP contribution >= 0.6 is 0 Å². The van der Waals surface area contributed by atoms with Crippen LogP contribution in [0.3, 0.4) is 0 Å². The van der Waals surface area contributed by atoms with Gasteiger partial charge in [0.2, 0.25) is 11.8 Å². The van der Waals surface area contributed by atoms with Crippen molar-refractivity contribution < 1.29 is 14.1 Å². The van der Waals surface area contributed by atoms with Gasteiger partial charge >= 0.3 is 6.01 Å². The van der Waals surface area contributed by atoms with Crippen molar-refractivity contribution >= 4 is 29.2 Å². The van der Waals surface area contributed by atoms with Crippen LogP contribution in [-0.4, -0.2) is 41.6 Å². The summed E-state index contributed by atoms with van der Waals surface area (Å²) in [6, 6.07) is 7.34. The summed E-state index contributed by atoms with van der Waals surface area (Å²) in [4.78, 5) is 32.6. The molecule has 1 aliphatic rings. The van der Waals surface area contributed by atoms with Gasteiger partial charge in [-0.1, -0.05) is 31.1 Å². The van der Waals surface area contributed by atoms with Crippen molar-refractivity contribution in [1.82, 2.24) is 10.1 Å². The summed E-state index contributed by atoms with van der Waals surface area (Å²) in [5.74, 6) is 0.495. The van der Waals surface area contributed by atoms with E-state index in [1.165, 1.54) is 0 Å². The molecular formula is C18H23N5O3. The van der Waals surface area contributed by atoms with Crippen molar-refractivity contribution in [2.24, 2.45) is 0 Å². The Morgan fingerprint density at radius 3 is 2.85 bits per heavy atom. The Labute approximate surface area is 152 Å². The molecule has 138 valence electrons. The lowest BCUT2D eigenvalue weighted by atomic mass is 10.1. The SMILES string of the molecule is CC(C)c1noc(N(C)CC(=O)N2c3ccccc3NC(=O)CC2C)n1. The number of carbonyl (C=O) groups is 2. The van der Waals surface area contributed by atoms with Gasteiger partial charge in [0.25, 0.3) is 0 Å². The molecular weight excluding hydrogens is 334 g/mol. The summed E-state index contributed by atoms with van der Waals surface area (Å²) in [7, 11) is 1.73. The van der Waals surface area contributed by atoms with Crippen molar-refractivity contribution in [1.29, 1.82) is 0 Å². The summed E-state index contributed by atoms with van der Waals surface area (Å²) in [5.41, 5.74) is 1.33. The number of carbonyl (C=O) groups excluding carboxylic acids is 2. The molecule has 1 unspecified atom stereocenters. The number of likely N-dealkylation sites (N-methyl/N-ethyl adjacent to an activating group) is 1. The zero-order valence-corrected chi connectivity index (χ0v) is 15.4. The largest absolute Gasteiger partial charge is 0.324 e. The molecule has 0 radical (unpaired) electrons. The van der Waals surface area contributed by atoms with Crippen LogP contribution < -0.4 is 15.1 Å². The third-order valence-corrected chi connectivity index (χ3v) is 4.27. The number of benzene rings is 1. The molecule has 0 fully saturated rings. The van der Waals surface area contributed by atoms with Gasteiger partial charge in [0, 0.05) is 25.4 Å². The van der Waals surface area contributed by atoms with Crippen LogP contribution in [0.4, 0.5) is 17.4 Å². The first-order valence-electron chi connectivity index (χ1n) is 8.62. The average Bonchev–Trinajstić information content (AvgIpc) is 3.02. The lowest BCUT2D eigenvalue weighted by molar-refractivity contribution is -0.118. The molecule has 1 N–H and O–H groups in total. The van der Waals surface area contributed by atoms with Crippen LogP contribution in [-0.2, 0) is 9.59 Å². The molecule has 8 heteroatoms. The minimum Gasteiger partial charge on any atom is -0.324 e. The highest BCUT2D eigenvalue weighted by Crippen LogP contribution is 2.31. The van der Waals surface area contributed by atoms with Crippen molar-refractivity contribution in [3.8, 4) is 0 Å². The molecule has 0 saturated carbocycles. The summed E-state index contributed by atoms with van der Waals surface area (Å²) < 4.78 is 5.24. The molecule has 3 rings (SSSR count). The van der Waals surface area contributed by atoms with E-state index in [1.54, 1.807) is 22.9 Å². The predicted molar refractivity (Wildman–Crippen MR) is 98.3 cm³/mol. The van der Waals surface area contributed by atoms with E-state index in [1.807, 2.05) is 39.0 Å². The van der Waals surface area contributed by atoms with Gasteiger partial charge in [-0.3, -0.25) is 9.59 Å². The van der Waals surface area contributed by atoms with Crippen LogP contribution in [0.25, 0.3) is 0 Å². The molecule has 8 nitrogen and oxygen atoms in total. The van der Waals surface area contributed by atoms with Crippen LogP contribution in [0, 0.1) is 0 Å². The standard InChI is InChI=1S/C18H23N5O3/c1-11(2)17-20-18(26-21-17)22(4)10-16(25)23-12(3)9-15(24)19-13-7-5-6-8-14(13)23/h5-8,11-12H,9-10H2,1-4H3,(H,19,24). The van der Waals surface area contributed by atoms with E-state index in [4.69, 9.17) is 4.52 Å². The van der Waals surface area contributed by atoms with E-state index in [-0.39, 0.29) is 36.7 Å². The van der Waals surface area contributed by atoms with E-state index < -0.39 is 0 Å². The molecule has 1 atom stereocenters. The molecule has 1 aliphatic heterocycles. The van der Waals surface area contributed by atoms with Crippen LogP contribution in [0.15, 0.2) is 28.8 Å². The van der Waals surface area contributed by atoms with Crippen LogP contribution in [0.1, 0.15) is 38.9 Å². The lowest BCUT2D eigenvalue weighted by Gasteiger charge is -2.29. The minimum atomic E-state index is -0.256. The maximum absolute atomic E-state index is 13.0. The predicted octanol–water partition coefficient (Wildman–Crippen LogP) is 2.39. The summed E-state index contributed by atoms with van der Waals surface area (Å²) in [6.07, 6.45) is 0.238. The Balaban J connectivity index is 1.82. The number of aromatic nitrogens is 2. The minimum absolute atomic E-state index is 0.0621. The third-order valence-electron chi connectivity index (χ3n) is 4.27. The summed E-state index contributed by atoms with van der Waals surface area (Å²) in [6.45, 7) is 5.87. The molecule has 2 aromatic rings. The smallest absolute Gasteiger partial charge is 0.324 e. The maximum Gasteiger partial charge on any atom is 0.324 e. The second-order valence-corrected chi connectivity index (χ2v) is 6.83. The Bertz CT molecular complexity index is 817. The molecule has 26 heavy (non-hydrogen) atoms. The molecule has 2 heterocycles. The average molecular weight is 357 g/mol. The number of fused-ring (bicyclic) bond motifs is 1. The number of amides is 2. The molecule has 0 spiro atoms. The number of para-hydroxylation sites is 2.